The van der Waals surface area contributed by atoms with Crippen LogP contribution >= 0.6 is 35.6 Å². The zero-order valence-electron chi connectivity index (χ0n) is 12.7. The summed E-state index contributed by atoms with van der Waals surface area (Å²) in [5, 5.41) is 7.45. The Morgan fingerprint density at radius 3 is 2.70 bits per heavy atom. The van der Waals surface area contributed by atoms with Gasteiger partial charge in [-0.3, -0.25) is 4.99 Å². The van der Waals surface area contributed by atoms with Gasteiger partial charge < -0.3 is 15.5 Å². The van der Waals surface area contributed by atoms with Gasteiger partial charge in [-0.1, -0.05) is 26.0 Å². The maximum Gasteiger partial charge on any atom is 0.194 e. The number of aliphatic imine (C=N–C) groups is 1. The number of aromatic nitrogens is 2. The molecule has 0 aromatic carbocycles. The number of hydrogen-bond donors (Lipinski definition) is 2. The Morgan fingerprint density at radius 1 is 1.35 bits per heavy atom. The number of nitrogens with zero attached hydrogens (tertiary/aromatic N) is 4. The van der Waals surface area contributed by atoms with E-state index in [-0.39, 0.29) is 31.4 Å². The van der Waals surface area contributed by atoms with E-state index in [0.717, 1.165) is 62.9 Å². The van der Waals surface area contributed by atoms with Crippen LogP contribution in [0.25, 0.3) is 0 Å². The predicted octanol–water partition coefficient (Wildman–Crippen LogP) is 2.78. The molecule has 1 saturated heterocycles. The van der Waals surface area contributed by atoms with Crippen molar-refractivity contribution in [3.63, 3.8) is 0 Å². The smallest absolute Gasteiger partial charge is 0.194 e. The van der Waals surface area contributed by atoms with Gasteiger partial charge in [0.2, 0.25) is 0 Å². The van der Waals surface area contributed by atoms with Crippen LogP contribution in [0.5, 0.6) is 0 Å². The Kier molecular flexibility index (Phi) is 8.32. The number of rotatable bonds is 3. The van der Waals surface area contributed by atoms with E-state index in [4.69, 9.17) is 11.6 Å². The maximum atomic E-state index is 6.33. The molecular weight excluding hydrogens is 427 g/mol. The number of nitrogens with one attached hydrogen (secondary N) is 2. The average molecular weight is 453 g/mol. The average Bonchev–Trinajstić information content (AvgIpc) is 3.04. The highest BCUT2D eigenvalue weighted by Crippen LogP contribution is 2.24. The normalized spacial score (nSPS) is 17.7. The first-order chi connectivity index (χ1) is 10.3. The van der Waals surface area contributed by atoms with Gasteiger partial charge in [0, 0.05) is 25.7 Å². The Hall–Kier alpha value is -0.830. The molecule has 2 aliphatic rings. The van der Waals surface area contributed by atoms with Crippen LogP contribution < -0.4 is 10.6 Å². The van der Waals surface area contributed by atoms with E-state index in [0.29, 0.717) is 11.1 Å². The number of halogens is 2. The van der Waals surface area contributed by atoms with E-state index in [1.807, 2.05) is 6.92 Å². The second-order valence-electron chi connectivity index (χ2n) is 5.37. The van der Waals surface area contributed by atoms with Crippen LogP contribution in [0.3, 0.4) is 0 Å². The van der Waals surface area contributed by atoms with Gasteiger partial charge in [0.25, 0.3) is 0 Å². The van der Waals surface area contributed by atoms with Crippen LogP contribution in [0.15, 0.2) is 11.3 Å². The second-order valence-corrected chi connectivity index (χ2v) is 5.75. The minimum absolute atomic E-state index is 0. The number of guanidine groups is 1. The topological polar surface area (TPSA) is 65.4 Å². The molecule has 0 spiro atoms. The zero-order valence-corrected chi connectivity index (χ0v) is 15.8. The van der Waals surface area contributed by atoms with Crippen molar-refractivity contribution in [2.45, 2.75) is 39.7 Å². The van der Waals surface area contributed by atoms with E-state index < -0.39 is 0 Å². The number of aryl methyl sites for hydroxylation is 1. The molecule has 2 N–H and O–H groups in total. The molecule has 0 amide bonds. The fourth-order valence-electron chi connectivity index (χ4n) is 2.78. The highest BCUT2D eigenvalue weighted by molar-refractivity contribution is 14.0. The molecule has 0 atom stereocenters. The molecule has 23 heavy (non-hydrogen) atoms. The Balaban J connectivity index is 0.00000132. The van der Waals surface area contributed by atoms with Crippen LogP contribution in [-0.2, 0) is 6.42 Å². The third-order valence-corrected chi connectivity index (χ3v) is 4.39. The fourth-order valence-corrected chi connectivity index (χ4v) is 3.07. The maximum absolute atomic E-state index is 6.33. The lowest BCUT2D eigenvalue weighted by molar-refractivity contribution is 0.317. The minimum Gasteiger partial charge on any atom is -0.366 e. The molecule has 1 fully saturated rings. The number of likely N-dealkylation sites (tertiary alicyclic amines) is 1. The molecule has 3 rings (SSSR count). The van der Waals surface area contributed by atoms with E-state index in [1.54, 1.807) is 6.33 Å². The van der Waals surface area contributed by atoms with Crippen LogP contribution in [0.1, 0.15) is 32.9 Å². The van der Waals surface area contributed by atoms with Crippen molar-refractivity contribution < 1.29 is 0 Å². The summed E-state index contributed by atoms with van der Waals surface area (Å²) in [5.41, 5.74) is 0.899. The monoisotopic (exact) mass is 452 g/mol. The number of piperidine rings is 1. The molecule has 3 heterocycles. The van der Waals surface area contributed by atoms with E-state index >= 15 is 0 Å². The van der Waals surface area contributed by atoms with E-state index in [2.05, 4.69) is 30.5 Å². The van der Waals surface area contributed by atoms with Gasteiger partial charge in [0.05, 0.1) is 12.2 Å². The molecule has 0 aliphatic carbocycles. The fraction of sp³-hybridized carbons (Fsp3) is 0.667. The number of hydrogen-bond acceptors (Lipinski definition) is 6. The Morgan fingerprint density at radius 2 is 2.09 bits per heavy atom. The molecule has 0 saturated carbocycles. The van der Waals surface area contributed by atoms with Crippen LogP contribution in [0, 0.1) is 0 Å². The number of anilines is 1. The summed E-state index contributed by atoms with van der Waals surface area (Å²) >= 11 is 6.33. The molecule has 130 valence electrons. The lowest BCUT2D eigenvalue weighted by atomic mass is 10.1. The summed E-state index contributed by atoms with van der Waals surface area (Å²) in [4.78, 5) is 15.3. The zero-order chi connectivity index (χ0) is 14.7. The van der Waals surface area contributed by atoms with Crippen molar-refractivity contribution in [3.05, 3.63) is 17.0 Å². The lowest BCUT2D eigenvalue weighted by Crippen LogP contribution is -2.46. The van der Waals surface area contributed by atoms with Crippen molar-refractivity contribution in [2.75, 3.05) is 31.5 Å². The van der Waals surface area contributed by atoms with E-state index in [9.17, 15) is 0 Å². The Bertz CT molecular complexity index is 531. The molecule has 2 aliphatic heterocycles. The van der Waals surface area contributed by atoms with Gasteiger partial charge in [-0.05, 0) is 19.3 Å². The first-order valence-electron chi connectivity index (χ1n) is 7.57. The van der Waals surface area contributed by atoms with E-state index in [1.165, 1.54) is 0 Å². The summed E-state index contributed by atoms with van der Waals surface area (Å²) < 4.78 is 0. The molecule has 0 unspecified atom stereocenters. The first kappa shape index (κ1) is 20.2. The van der Waals surface area contributed by atoms with Crippen molar-refractivity contribution in [1.29, 1.82) is 0 Å². The molecule has 1 aromatic rings. The third kappa shape index (κ3) is 4.82. The quantitative estimate of drug-likeness (QED) is 0.691. The van der Waals surface area contributed by atoms with Crippen molar-refractivity contribution in [3.8, 4) is 0 Å². The molecule has 0 radical (unpaired) electrons. The second kappa shape index (κ2) is 9.46. The predicted molar refractivity (Wildman–Crippen MR) is 107 cm³/mol. The summed E-state index contributed by atoms with van der Waals surface area (Å²) in [7, 11) is 0. The SMILES string of the molecule is C.CCc1ncnc(NC2CCN(C3=NCCN3)CC2)c1Cl.I. The van der Waals surface area contributed by atoms with Crippen LogP contribution in [-0.4, -0.2) is 53.0 Å². The van der Waals surface area contributed by atoms with Gasteiger partial charge >= 0.3 is 0 Å². The van der Waals surface area contributed by atoms with Gasteiger partial charge in [0.15, 0.2) is 5.96 Å². The molecule has 6 nitrogen and oxygen atoms in total. The van der Waals surface area contributed by atoms with Crippen LogP contribution in [0.4, 0.5) is 5.82 Å². The van der Waals surface area contributed by atoms with Crippen molar-refractivity contribution >= 4 is 47.4 Å². The summed E-state index contributed by atoms with van der Waals surface area (Å²) in [6, 6.07) is 0.403. The first-order valence-corrected chi connectivity index (χ1v) is 7.95. The lowest BCUT2D eigenvalue weighted by Gasteiger charge is -2.33. The summed E-state index contributed by atoms with van der Waals surface area (Å²) in [6.45, 7) is 5.92. The summed E-state index contributed by atoms with van der Waals surface area (Å²) in [6.07, 6.45) is 4.52. The highest BCUT2D eigenvalue weighted by atomic mass is 127. The third-order valence-electron chi connectivity index (χ3n) is 3.99. The van der Waals surface area contributed by atoms with Crippen LogP contribution in [0.2, 0.25) is 5.02 Å². The standard InChI is InChI=1S/C14H21ClN6.CH4.HI/c1-2-11-12(15)13(19-9-18-11)20-10-3-7-21(8-4-10)14-16-5-6-17-14;;/h9-10H,2-8H2,1H3,(H,16,17)(H,18,19,20);1H4;1H. The van der Waals surface area contributed by atoms with Gasteiger partial charge in [-0.25, -0.2) is 9.97 Å². The van der Waals surface area contributed by atoms with Gasteiger partial charge in [-0.2, -0.15) is 0 Å². The van der Waals surface area contributed by atoms with Gasteiger partial charge in [0.1, 0.15) is 17.2 Å². The molecule has 8 heteroatoms. The van der Waals surface area contributed by atoms with Crippen molar-refractivity contribution in [1.82, 2.24) is 20.2 Å². The van der Waals surface area contributed by atoms with Gasteiger partial charge in [-0.15, -0.1) is 24.0 Å². The highest BCUT2D eigenvalue weighted by Gasteiger charge is 2.23. The molecular formula is C15H26ClIN6. The minimum atomic E-state index is 0. The largest absolute Gasteiger partial charge is 0.366 e. The Labute approximate surface area is 160 Å². The summed E-state index contributed by atoms with van der Waals surface area (Å²) in [5.74, 6) is 1.82. The molecule has 1 aromatic heterocycles. The van der Waals surface area contributed by atoms with Crippen molar-refractivity contribution in [2.24, 2.45) is 4.99 Å². The molecule has 0 bridgehead atoms.